The molecule has 0 amide bonds. The molecular weight excluding hydrogens is 366 g/mol. The number of anilines is 1. The first kappa shape index (κ1) is 18.7. The summed E-state index contributed by atoms with van der Waals surface area (Å²) in [5.74, 6) is 1.46. The zero-order chi connectivity index (χ0) is 20.3. The third-order valence-corrected chi connectivity index (χ3v) is 6.12. The van der Waals surface area contributed by atoms with Crippen LogP contribution in [0.15, 0.2) is 84.9 Å². The molecule has 0 fully saturated rings. The number of aryl methyl sites for hydroxylation is 1. The molecule has 0 unspecified atom stereocenters. The Morgan fingerprint density at radius 1 is 0.867 bits per heavy atom. The van der Waals surface area contributed by atoms with E-state index < -0.39 is 0 Å². The molecule has 3 heteroatoms. The maximum absolute atomic E-state index is 5.10. The van der Waals surface area contributed by atoms with E-state index >= 15 is 0 Å². The standard InChI is InChI=1S/C27H27N3/c1-2-20-13-15-23(16-14-20)30-27-24(17-18-28-27)26(29-30)19-25(21-9-5-3-6-10-21)22-11-7-4-8-12-22/h3-16,25,28H,2,17-19H2,1H3. The summed E-state index contributed by atoms with van der Waals surface area (Å²) in [6.45, 7) is 3.17. The largest absolute Gasteiger partial charge is 0.369 e. The molecule has 0 atom stereocenters. The van der Waals surface area contributed by atoms with Crippen molar-refractivity contribution >= 4 is 5.82 Å². The second kappa shape index (κ2) is 8.19. The zero-order valence-electron chi connectivity index (χ0n) is 17.4. The van der Waals surface area contributed by atoms with E-state index in [0.29, 0.717) is 5.92 Å². The third-order valence-electron chi connectivity index (χ3n) is 6.12. The first-order valence-electron chi connectivity index (χ1n) is 10.9. The number of aromatic nitrogens is 2. The van der Waals surface area contributed by atoms with Crippen LogP contribution in [0, 0.1) is 0 Å². The third kappa shape index (κ3) is 3.52. The Hall–Kier alpha value is -3.33. The van der Waals surface area contributed by atoms with Crippen LogP contribution in [-0.2, 0) is 19.3 Å². The SMILES string of the molecule is CCc1ccc(-n2nc(CC(c3ccccc3)c3ccccc3)c3c2NCC3)cc1. The quantitative estimate of drug-likeness (QED) is 0.450. The molecule has 3 aromatic carbocycles. The fraction of sp³-hybridized carbons (Fsp3) is 0.222. The molecule has 1 aliphatic heterocycles. The first-order valence-corrected chi connectivity index (χ1v) is 10.9. The highest BCUT2D eigenvalue weighted by molar-refractivity contribution is 5.57. The summed E-state index contributed by atoms with van der Waals surface area (Å²) in [5, 5.41) is 8.67. The molecule has 0 saturated carbocycles. The Morgan fingerprint density at radius 2 is 1.50 bits per heavy atom. The van der Waals surface area contributed by atoms with Crippen molar-refractivity contribution < 1.29 is 0 Å². The number of benzene rings is 3. The summed E-state index contributed by atoms with van der Waals surface area (Å²) in [6, 6.07) is 30.4. The van der Waals surface area contributed by atoms with Crippen molar-refractivity contribution in [3.8, 4) is 5.69 Å². The molecule has 0 spiro atoms. The lowest BCUT2D eigenvalue weighted by molar-refractivity contribution is 0.745. The summed E-state index contributed by atoms with van der Waals surface area (Å²) in [7, 11) is 0. The molecule has 5 rings (SSSR count). The van der Waals surface area contributed by atoms with Gasteiger partial charge in [0.25, 0.3) is 0 Å². The maximum Gasteiger partial charge on any atom is 0.133 e. The van der Waals surface area contributed by atoms with Gasteiger partial charge in [-0.05, 0) is 41.7 Å². The number of fused-ring (bicyclic) bond motifs is 1. The number of rotatable bonds is 6. The lowest BCUT2D eigenvalue weighted by Gasteiger charge is -2.17. The lowest BCUT2D eigenvalue weighted by atomic mass is 9.86. The molecule has 30 heavy (non-hydrogen) atoms. The number of nitrogens with zero attached hydrogens (tertiary/aromatic N) is 2. The topological polar surface area (TPSA) is 29.9 Å². The number of hydrogen-bond acceptors (Lipinski definition) is 2. The van der Waals surface area contributed by atoms with Gasteiger partial charge in [0.05, 0.1) is 11.4 Å². The predicted octanol–water partition coefficient (Wildman–Crippen LogP) is 5.78. The van der Waals surface area contributed by atoms with Crippen LogP contribution in [0.2, 0.25) is 0 Å². The zero-order valence-corrected chi connectivity index (χ0v) is 17.4. The first-order chi connectivity index (χ1) is 14.8. The van der Waals surface area contributed by atoms with Crippen molar-refractivity contribution in [3.63, 3.8) is 0 Å². The average Bonchev–Trinajstić information content (AvgIpc) is 3.42. The Balaban J connectivity index is 1.54. The van der Waals surface area contributed by atoms with Gasteiger partial charge in [-0.15, -0.1) is 0 Å². The molecule has 1 aliphatic rings. The van der Waals surface area contributed by atoms with Gasteiger partial charge in [0.1, 0.15) is 5.82 Å². The van der Waals surface area contributed by atoms with E-state index in [-0.39, 0.29) is 0 Å². The summed E-state index contributed by atoms with van der Waals surface area (Å²) in [6.07, 6.45) is 2.99. The van der Waals surface area contributed by atoms with E-state index in [1.807, 2.05) is 0 Å². The molecule has 0 saturated heterocycles. The Kier molecular flexibility index (Phi) is 5.10. The van der Waals surface area contributed by atoms with Crippen molar-refractivity contribution in [2.75, 3.05) is 11.9 Å². The normalized spacial score (nSPS) is 12.7. The minimum atomic E-state index is 0.294. The van der Waals surface area contributed by atoms with Crippen molar-refractivity contribution in [1.29, 1.82) is 0 Å². The summed E-state index contributed by atoms with van der Waals surface area (Å²) < 4.78 is 2.10. The second-order valence-electron chi connectivity index (χ2n) is 7.96. The molecule has 2 heterocycles. The van der Waals surface area contributed by atoms with Gasteiger partial charge in [0.2, 0.25) is 0 Å². The van der Waals surface area contributed by atoms with Crippen LogP contribution in [0.5, 0.6) is 0 Å². The van der Waals surface area contributed by atoms with Crippen molar-refractivity contribution in [1.82, 2.24) is 9.78 Å². The smallest absolute Gasteiger partial charge is 0.133 e. The van der Waals surface area contributed by atoms with E-state index in [1.165, 1.54) is 27.9 Å². The van der Waals surface area contributed by atoms with E-state index in [4.69, 9.17) is 5.10 Å². The minimum absolute atomic E-state index is 0.294. The Labute approximate surface area is 178 Å². The maximum atomic E-state index is 5.10. The van der Waals surface area contributed by atoms with Crippen LogP contribution >= 0.6 is 0 Å². The van der Waals surface area contributed by atoms with Gasteiger partial charge in [-0.2, -0.15) is 5.10 Å². The molecule has 150 valence electrons. The van der Waals surface area contributed by atoms with Gasteiger partial charge in [0.15, 0.2) is 0 Å². The summed E-state index contributed by atoms with van der Waals surface area (Å²) in [4.78, 5) is 0. The van der Waals surface area contributed by atoms with Crippen LogP contribution in [-0.4, -0.2) is 16.3 Å². The van der Waals surface area contributed by atoms with Gasteiger partial charge < -0.3 is 5.32 Å². The predicted molar refractivity (Wildman–Crippen MR) is 124 cm³/mol. The number of nitrogens with one attached hydrogen (secondary N) is 1. The van der Waals surface area contributed by atoms with E-state index in [0.717, 1.165) is 37.3 Å². The lowest BCUT2D eigenvalue weighted by Crippen LogP contribution is -2.09. The van der Waals surface area contributed by atoms with E-state index in [9.17, 15) is 0 Å². The molecule has 1 N–H and O–H groups in total. The van der Waals surface area contributed by atoms with E-state index in [1.54, 1.807) is 0 Å². The number of hydrogen-bond donors (Lipinski definition) is 1. The fourth-order valence-electron chi connectivity index (χ4n) is 4.46. The van der Waals surface area contributed by atoms with Crippen LogP contribution in [0.1, 0.15) is 40.8 Å². The van der Waals surface area contributed by atoms with Crippen molar-refractivity contribution in [3.05, 3.63) is 113 Å². The molecule has 0 bridgehead atoms. The van der Waals surface area contributed by atoms with Gasteiger partial charge >= 0.3 is 0 Å². The highest BCUT2D eigenvalue weighted by atomic mass is 15.3. The van der Waals surface area contributed by atoms with Gasteiger partial charge in [-0.3, -0.25) is 0 Å². The van der Waals surface area contributed by atoms with Crippen LogP contribution in [0.25, 0.3) is 5.69 Å². The average molecular weight is 394 g/mol. The molecule has 0 aliphatic carbocycles. The Morgan fingerprint density at radius 3 is 2.10 bits per heavy atom. The van der Waals surface area contributed by atoms with Crippen molar-refractivity contribution in [2.45, 2.75) is 32.1 Å². The molecule has 3 nitrogen and oxygen atoms in total. The molecule has 4 aromatic rings. The second-order valence-corrected chi connectivity index (χ2v) is 7.96. The van der Waals surface area contributed by atoms with Gasteiger partial charge in [-0.25, -0.2) is 4.68 Å². The fourth-order valence-corrected chi connectivity index (χ4v) is 4.46. The highest BCUT2D eigenvalue weighted by Crippen LogP contribution is 2.34. The monoisotopic (exact) mass is 393 g/mol. The molecule has 0 radical (unpaired) electrons. The van der Waals surface area contributed by atoms with Crippen molar-refractivity contribution in [2.24, 2.45) is 0 Å². The van der Waals surface area contributed by atoms with E-state index in [2.05, 4.69) is 102 Å². The Bertz CT molecular complexity index is 1070. The van der Waals surface area contributed by atoms with Crippen LogP contribution in [0.4, 0.5) is 5.82 Å². The van der Waals surface area contributed by atoms with Gasteiger partial charge in [0, 0.05) is 24.4 Å². The highest BCUT2D eigenvalue weighted by Gasteiger charge is 2.26. The van der Waals surface area contributed by atoms with Gasteiger partial charge in [-0.1, -0.05) is 79.7 Å². The molecule has 1 aromatic heterocycles. The molecular formula is C27H27N3. The summed E-state index contributed by atoms with van der Waals surface area (Å²) in [5.41, 5.74) is 7.72. The summed E-state index contributed by atoms with van der Waals surface area (Å²) >= 11 is 0. The van der Waals surface area contributed by atoms with Crippen LogP contribution < -0.4 is 5.32 Å². The minimum Gasteiger partial charge on any atom is -0.369 e. The van der Waals surface area contributed by atoms with Crippen LogP contribution in [0.3, 0.4) is 0 Å².